The van der Waals surface area contributed by atoms with Crippen LogP contribution in [0.25, 0.3) is 10.9 Å². The summed E-state index contributed by atoms with van der Waals surface area (Å²) in [7, 11) is 0. The molecule has 2 heterocycles. The molecular weight excluding hydrogens is 246 g/mol. The zero-order chi connectivity index (χ0) is 13.9. The average Bonchev–Trinajstić information content (AvgIpc) is 2.46. The SMILES string of the molecule is Cc1ccc2cc(C)c(NCc3cccnc3)[nH+]c2c1. The topological polar surface area (TPSA) is 39.1 Å². The minimum atomic E-state index is 0.766. The minimum Gasteiger partial charge on any atom is -0.270 e. The van der Waals surface area contributed by atoms with Crippen LogP contribution in [-0.2, 0) is 6.54 Å². The maximum Gasteiger partial charge on any atom is 0.275 e. The third kappa shape index (κ3) is 2.62. The Labute approximate surface area is 118 Å². The Morgan fingerprint density at radius 1 is 1.15 bits per heavy atom. The van der Waals surface area contributed by atoms with Gasteiger partial charge in [0, 0.05) is 28.9 Å². The van der Waals surface area contributed by atoms with E-state index in [1.807, 2.05) is 12.3 Å². The van der Waals surface area contributed by atoms with Crippen molar-refractivity contribution in [3.8, 4) is 0 Å². The number of pyridine rings is 2. The van der Waals surface area contributed by atoms with Crippen LogP contribution in [0.3, 0.4) is 0 Å². The molecule has 0 spiro atoms. The van der Waals surface area contributed by atoms with Gasteiger partial charge in [0.05, 0.1) is 0 Å². The van der Waals surface area contributed by atoms with Crippen molar-refractivity contribution in [3.05, 3.63) is 65.5 Å². The number of aryl methyl sites for hydroxylation is 2. The standard InChI is InChI=1S/C17H17N3/c1-12-5-6-15-9-13(2)17(20-16(15)8-12)19-11-14-4-3-7-18-10-14/h3-10H,11H2,1-2H3,(H,19,20)/p+1. The van der Waals surface area contributed by atoms with Crippen LogP contribution in [0.2, 0.25) is 0 Å². The first-order chi connectivity index (χ1) is 9.72. The predicted octanol–water partition coefficient (Wildman–Crippen LogP) is 3.28. The van der Waals surface area contributed by atoms with Gasteiger partial charge in [0.2, 0.25) is 0 Å². The van der Waals surface area contributed by atoms with Gasteiger partial charge in [-0.2, -0.15) is 0 Å². The molecule has 3 rings (SSSR count). The van der Waals surface area contributed by atoms with Crippen molar-refractivity contribution < 1.29 is 4.98 Å². The summed E-state index contributed by atoms with van der Waals surface area (Å²) in [5.74, 6) is 1.06. The first-order valence-electron chi connectivity index (χ1n) is 6.78. The van der Waals surface area contributed by atoms with Crippen molar-refractivity contribution in [2.75, 3.05) is 5.32 Å². The molecule has 0 bridgehead atoms. The van der Waals surface area contributed by atoms with Gasteiger partial charge >= 0.3 is 0 Å². The summed E-state index contributed by atoms with van der Waals surface area (Å²) in [6.07, 6.45) is 3.67. The normalized spacial score (nSPS) is 10.7. The van der Waals surface area contributed by atoms with Crippen molar-refractivity contribution >= 4 is 16.7 Å². The lowest BCUT2D eigenvalue weighted by Crippen LogP contribution is -2.15. The predicted molar refractivity (Wildman–Crippen MR) is 81.5 cm³/mol. The first-order valence-corrected chi connectivity index (χ1v) is 6.78. The largest absolute Gasteiger partial charge is 0.275 e. The van der Waals surface area contributed by atoms with Crippen LogP contribution in [0.1, 0.15) is 16.7 Å². The van der Waals surface area contributed by atoms with Crippen LogP contribution in [0.15, 0.2) is 48.8 Å². The summed E-state index contributed by atoms with van der Waals surface area (Å²) >= 11 is 0. The van der Waals surface area contributed by atoms with Gasteiger partial charge in [-0.15, -0.1) is 0 Å². The molecule has 1 aromatic carbocycles. The van der Waals surface area contributed by atoms with E-state index in [9.17, 15) is 0 Å². The number of H-pyrrole nitrogens is 1. The summed E-state index contributed by atoms with van der Waals surface area (Å²) in [6, 6.07) is 12.7. The highest BCUT2D eigenvalue weighted by Gasteiger charge is 2.09. The molecule has 0 radical (unpaired) electrons. The van der Waals surface area contributed by atoms with Crippen LogP contribution < -0.4 is 10.3 Å². The fraction of sp³-hybridized carbons (Fsp3) is 0.176. The molecule has 0 aliphatic carbocycles. The molecule has 0 saturated heterocycles. The van der Waals surface area contributed by atoms with Crippen molar-refractivity contribution in [2.45, 2.75) is 20.4 Å². The number of nitrogens with zero attached hydrogens (tertiary/aromatic N) is 1. The summed E-state index contributed by atoms with van der Waals surface area (Å²) in [5.41, 5.74) is 4.80. The number of hydrogen-bond acceptors (Lipinski definition) is 2. The van der Waals surface area contributed by atoms with E-state index >= 15 is 0 Å². The second kappa shape index (κ2) is 5.29. The van der Waals surface area contributed by atoms with Crippen LogP contribution in [0.5, 0.6) is 0 Å². The molecule has 0 saturated carbocycles. The second-order valence-electron chi connectivity index (χ2n) is 5.13. The third-order valence-corrected chi connectivity index (χ3v) is 3.43. The molecule has 20 heavy (non-hydrogen) atoms. The highest BCUT2D eigenvalue weighted by atomic mass is 15.0. The molecule has 3 aromatic rings. The second-order valence-corrected chi connectivity index (χ2v) is 5.13. The van der Waals surface area contributed by atoms with Gasteiger partial charge in [0.15, 0.2) is 0 Å². The summed E-state index contributed by atoms with van der Waals surface area (Å²) < 4.78 is 0. The lowest BCUT2D eigenvalue weighted by atomic mass is 10.1. The Bertz CT molecular complexity index is 736. The Balaban J connectivity index is 1.89. The Kier molecular flexibility index (Phi) is 3.33. The average molecular weight is 264 g/mol. The fourth-order valence-corrected chi connectivity index (χ4v) is 2.32. The van der Waals surface area contributed by atoms with Gasteiger partial charge in [0.1, 0.15) is 12.1 Å². The fourth-order valence-electron chi connectivity index (χ4n) is 2.32. The monoisotopic (exact) mass is 264 g/mol. The molecule has 0 atom stereocenters. The molecule has 3 nitrogen and oxygen atoms in total. The van der Waals surface area contributed by atoms with E-state index in [1.54, 1.807) is 6.20 Å². The van der Waals surface area contributed by atoms with E-state index in [0.717, 1.165) is 17.9 Å². The molecule has 0 aliphatic rings. The van der Waals surface area contributed by atoms with Crippen molar-refractivity contribution in [3.63, 3.8) is 0 Å². The molecule has 2 N–H and O–H groups in total. The van der Waals surface area contributed by atoms with Gasteiger partial charge in [-0.25, -0.2) is 4.98 Å². The van der Waals surface area contributed by atoms with Crippen LogP contribution in [0, 0.1) is 13.8 Å². The van der Waals surface area contributed by atoms with Gasteiger partial charge in [0.25, 0.3) is 5.82 Å². The molecule has 0 fully saturated rings. The van der Waals surface area contributed by atoms with E-state index < -0.39 is 0 Å². The number of fused-ring (bicyclic) bond motifs is 1. The highest BCUT2D eigenvalue weighted by Crippen LogP contribution is 2.17. The van der Waals surface area contributed by atoms with E-state index in [0.29, 0.717) is 0 Å². The van der Waals surface area contributed by atoms with Gasteiger partial charge in [-0.05, 0) is 37.6 Å². The number of benzene rings is 1. The lowest BCUT2D eigenvalue weighted by Gasteiger charge is -2.05. The molecule has 0 aliphatic heterocycles. The van der Waals surface area contributed by atoms with Gasteiger partial charge in [-0.1, -0.05) is 18.2 Å². The molecule has 0 amide bonds. The number of hydrogen-bond donors (Lipinski definition) is 1. The maximum absolute atomic E-state index is 4.13. The lowest BCUT2D eigenvalue weighted by molar-refractivity contribution is -0.328. The summed E-state index contributed by atoms with van der Waals surface area (Å²) in [4.78, 5) is 7.61. The van der Waals surface area contributed by atoms with Crippen LogP contribution in [-0.4, -0.2) is 4.98 Å². The van der Waals surface area contributed by atoms with E-state index in [4.69, 9.17) is 0 Å². The Morgan fingerprint density at radius 3 is 2.85 bits per heavy atom. The van der Waals surface area contributed by atoms with Crippen LogP contribution >= 0.6 is 0 Å². The minimum absolute atomic E-state index is 0.766. The quantitative estimate of drug-likeness (QED) is 0.788. The van der Waals surface area contributed by atoms with E-state index in [1.165, 1.54) is 22.1 Å². The third-order valence-electron chi connectivity index (χ3n) is 3.43. The van der Waals surface area contributed by atoms with E-state index in [-0.39, 0.29) is 0 Å². The molecular formula is C17H18N3+. The van der Waals surface area contributed by atoms with Crippen molar-refractivity contribution in [2.24, 2.45) is 0 Å². The Morgan fingerprint density at radius 2 is 2.05 bits per heavy atom. The molecule has 0 unspecified atom stereocenters. The zero-order valence-electron chi connectivity index (χ0n) is 11.8. The zero-order valence-corrected chi connectivity index (χ0v) is 11.8. The summed E-state index contributed by atoms with van der Waals surface area (Å²) in [5, 5.41) is 4.68. The van der Waals surface area contributed by atoms with Crippen LogP contribution in [0.4, 0.5) is 5.82 Å². The van der Waals surface area contributed by atoms with Crippen molar-refractivity contribution in [1.29, 1.82) is 0 Å². The molecule has 3 heteroatoms. The number of aromatic amines is 1. The number of rotatable bonds is 3. The Hall–Kier alpha value is -2.42. The number of nitrogens with one attached hydrogen (secondary N) is 2. The van der Waals surface area contributed by atoms with Gasteiger partial charge < -0.3 is 0 Å². The maximum atomic E-state index is 4.13. The van der Waals surface area contributed by atoms with Gasteiger partial charge in [-0.3, -0.25) is 10.3 Å². The number of aromatic nitrogens is 2. The van der Waals surface area contributed by atoms with Crippen molar-refractivity contribution in [1.82, 2.24) is 4.98 Å². The summed E-state index contributed by atoms with van der Waals surface area (Å²) in [6.45, 7) is 4.99. The first kappa shape index (κ1) is 12.6. The molecule has 2 aromatic heterocycles. The smallest absolute Gasteiger partial charge is 0.270 e. The highest BCUT2D eigenvalue weighted by molar-refractivity contribution is 5.78. The molecule has 100 valence electrons. The van der Waals surface area contributed by atoms with E-state index in [2.05, 4.69) is 59.5 Å². The number of anilines is 1.